The molecule has 1 atom stereocenters. The van der Waals surface area contributed by atoms with Gasteiger partial charge in [-0.15, -0.1) is 0 Å². The van der Waals surface area contributed by atoms with Gasteiger partial charge in [0.2, 0.25) is 0 Å². The lowest BCUT2D eigenvalue weighted by atomic mass is 10.1. The van der Waals surface area contributed by atoms with Gasteiger partial charge in [0, 0.05) is 12.2 Å². The summed E-state index contributed by atoms with van der Waals surface area (Å²) in [5.41, 5.74) is 2.75. The number of ether oxygens (including phenoxy) is 3. The van der Waals surface area contributed by atoms with Crippen LogP contribution in [-0.2, 0) is 27.2 Å². The van der Waals surface area contributed by atoms with Crippen molar-refractivity contribution in [3.05, 3.63) is 53.6 Å². The molecule has 0 saturated heterocycles. The second-order valence-electron chi connectivity index (χ2n) is 6.37. The zero-order valence-corrected chi connectivity index (χ0v) is 15.7. The lowest BCUT2D eigenvalue weighted by Crippen LogP contribution is -2.39. The Balaban J connectivity index is 1.62. The van der Waals surface area contributed by atoms with E-state index in [0.29, 0.717) is 18.0 Å². The molecule has 6 heteroatoms. The second-order valence-corrected chi connectivity index (χ2v) is 6.37. The molecule has 1 aliphatic rings. The van der Waals surface area contributed by atoms with Gasteiger partial charge < -0.3 is 19.1 Å². The molecule has 0 aliphatic carbocycles. The summed E-state index contributed by atoms with van der Waals surface area (Å²) in [6.07, 6.45) is 0.0202. The predicted molar refractivity (Wildman–Crippen MR) is 101 cm³/mol. The van der Waals surface area contributed by atoms with Crippen LogP contribution in [0.1, 0.15) is 18.1 Å². The van der Waals surface area contributed by atoms with E-state index in [0.717, 1.165) is 23.2 Å². The standard InChI is InChI=1S/C21H23NO5/c1-14(21(24)22-11-10-16-6-4-5-7-17(16)22)27-20(23)13-15-8-9-18(25-2)19(12-15)26-3/h4-9,12,14H,10-11,13H2,1-3H3/t14-/m0/s1. The minimum atomic E-state index is -0.844. The number of nitrogens with zero attached hydrogens (tertiary/aromatic N) is 1. The number of benzene rings is 2. The number of hydrogen-bond donors (Lipinski definition) is 0. The fourth-order valence-electron chi connectivity index (χ4n) is 3.23. The summed E-state index contributed by atoms with van der Waals surface area (Å²) in [5, 5.41) is 0. The number of methoxy groups -OCH3 is 2. The largest absolute Gasteiger partial charge is 0.493 e. The van der Waals surface area contributed by atoms with Crippen molar-refractivity contribution in [1.29, 1.82) is 0 Å². The maximum absolute atomic E-state index is 12.7. The van der Waals surface area contributed by atoms with Gasteiger partial charge in [-0.1, -0.05) is 24.3 Å². The summed E-state index contributed by atoms with van der Waals surface area (Å²) in [6, 6.07) is 13.0. The van der Waals surface area contributed by atoms with Crippen molar-refractivity contribution < 1.29 is 23.8 Å². The number of carbonyl (C=O) groups excluding carboxylic acids is 2. The third-order valence-electron chi connectivity index (χ3n) is 4.61. The Morgan fingerprint density at radius 2 is 1.81 bits per heavy atom. The number of carbonyl (C=O) groups is 2. The average molecular weight is 369 g/mol. The summed E-state index contributed by atoms with van der Waals surface area (Å²) in [6.45, 7) is 2.21. The number of para-hydroxylation sites is 1. The van der Waals surface area contributed by atoms with Crippen LogP contribution in [0.25, 0.3) is 0 Å². The van der Waals surface area contributed by atoms with Gasteiger partial charge in [0.15, 0.2) is 17.6 Å². The van der Waals surface area contributed by atoms with E-state index in [-0.39, 0.29) is 12.3 Å². The molecule has 1 aliphatic heterocycles. The number of amides is 1. The second kappa shape index (κ2) is 8.12. The third-order valence-corrected chi connectivity index (χ3v) is 4.61. The van der Waals surface area contributed by atoms with Crippen molar-refractivity contribution in [3.63, 3.8) is 0 Å². The van der Waals surface area contributed by atoms with Gasteiger partial charge >= 0.3 is 5.97 Å². The Kier molecular flexibility index (Phi) is 5.64. The molecular weight excluding hydrogens is 346 g/mol. The first kappa shape index (κ1) is 18.8. The van der Waals surface area contributed by atoms with Gasteiger partial charge in [0.05, 0.1) is 20.6 Å². The maximum Gasteiger partial charge on any atom is 0.311 e. The number of anilines is 1. The average Bonchev–Trinajstić information content (AvgIpc) is 3.11. The van der Waals surface area contributed by atoms with Crippen LogP contribution in [0.2, 0.25) is 0 Å². The molecule has 0 N–H and O–H groups in total. The van der Waals surface area contributed by atoms with E-state index in [2.05, 4.69) is 0 Å². The zero-order valence-electron chi connectivity index (χ0n) is 15.7. The first-order valence-electron chi connectivity index (χ1n) is 8.83. The topological polar surface area (TPSA) is 65.1 Å². The summed E-state index contributed by atoms with van der Waals surface area (Å²) in [5.74, 6) is 0.461. The van der Waals surface area contributed by atoms with Crippen LogP contribution in [0.3, 0.4) is 0 Å². The van der Waals surface area contributed by atoms with Crippen LogP contribution in [0.4, 0.5) is 5.69 Å². The molecule has 0 aromatic heterocycles. The third kappa shape index (κ3) is 4.05. The predicted octanol–water partition coefficient (Wildman–Crippen LogP) is 2.77. The number of fused-ring (bicyclic) bond motifs is 1. The highest BCUT2D eigenvalue weighted by Crippen LogP contribution is 2.29. The highest BCUT2D eigenvalue weighted by Gasteiger charge is 2.29. The van der Waals surface area contributed by atoms with Crippen molar-refractivity contribution >= 4 is 17.6 Å². The molecule has 0 saturated carbocycles. The van der Waals surface area contributed by atoms with E-state index in [9.17, 15) is 9.59 Å². The van der Waals surface area contributed by atoms with Crippen LogP contribution in [0.15, 0.2) is 42.5 Å². The smallest absolute Gasteiger partial charge is 0.311 e. The van der Waals surface area contributed by atoms with E-state index in [1.807, 2.05) is 24.3 Å². The molecule has 0 unspecified atom stereocenters. The van der Waals surface area contributed by atoms with Gasteiger partial charge in [-0.3, -0.25) is 9.59 Å². The van der Waals surface area contributed by atoms with Crippen molar-refractivity contribution in [1.82, 2.24) is 0 Å². The number of rotatable bonds is 6. The van der Waals surface area contributed by atoms with Crippen LogP contribution >= 0.6 is 0 Å². The van der Waals surface area contributed by atoms with Crippen molar-refractivity contribution in [2.75, 3.05) is 25.7 Å². The van der Waals surface area contributed by atoms with E-state index < -0.39 is 12.1 Å². The molecule has 0 radical (unpaired) electrons. The molecule has 0 fully saturated rings. The van der Waals surface area contributed by atoms with Crippen molar-refractivity contribution in [2.24, 2.45) is 0 Å². The van der Waals surface area contributed by atoms with Gasteiger partial charge in [-0.25, -0.2) is 0 Å². The summed E-state index contributed by atoms with van der Waals surface area (Å²) < 4.78 is 15.8. The molecule has 0 spiro atoms. The highest BCUT2D eigenvalue weighted by molar-refractivity contribution is 5.99. The maximum atomic E-state index is 12.7. The van der Waals surface area contributed by atoms with E-state index in [4.69, 9.17) is 14.2 Å². The Bertz CT molecular complexity index is 848. The zero-order chi connectivity index (χ0) is 19.4. The first-order chi connectivity index (χ1) is 13.0. The van der Waals surface area contributed by atoms with Gasteiger partial charge in [0.25, 0.3) is 5.91 Å². The molecule has 0 bridgehead atoms. The molecule has 27 heavy (non-hydrogen) atoms. The van der Waals surface area contributed by atoms with E-state index >= 15 is 0 Å². The highest BCUT2D eigenvalue weighted by atomic mass is 16.5. The lowest BCUT2D eigenvalue weighted by molar-refractivity contribution is -0.153. The van der Waals surface area contributed by atoms with Gasteiger partial charge in [0.1, 0.15) is 0 Å². The van der Waals surface area contributed by atoms with Crippen LogP contribution in [-0.4, -0.2) is 38.7 Å². The lowest BCUT2D eigenvalue weighted by Gasteiger charge is -2.21. The minimum absolute atomic E-state index is 0.0502. The fraction of sp³-hybridized carbons (Fsp3) is 0.333. The summed E-state index contributed by atoms with van der Waals surface area (Å²) in [4.78, 5) is 26.7. The number of esters is 1. The molecule has 142 valence electrons. The van der Waals surface area contributed by atoms with Crippen LogP contribution < -0.4 is 14.4 Å². The van der Waals surface area contributed by atoms with Crippen LogP contribution in [0.5, 0.6) is 11.5 Å². The van der Waals surface area contributed by atoms with Gasteiger partial charge in [-0.2, -0.15) is 0 Å². The quantitative estimate of drug-likeness (QED) is 0.733. The molecule has 2 aromatic rings. The normalized spacial score (nSPS) is 13.7. The van der Waals surface area contributed by atoms with E-state index in [1.54, 1.807) is 37.1 Å². The Labute approximate surface area is 158 Å². The molecule has 3 rings (SSSR count). The van der Waals surface area contributed by atoms with Crippen LogP contribution in [0, 0.1) is 0 Å². The monoisotopic (exact) mass is 369 g/mol. The van der Waals surface area contributed by atoms with E-state index in [1.165, 1.54) is 7.11 Å². The molecule has 1 heterocycles. The summed E-state index contributed by atoms with van der Waals surface area (Å²) in [7, 11) is 3.09. The van der Waals surface area contributed by atoms with Crippen molar-refractivity contribution in [3.8, 4) is 11.5 Å². The number of hydrogen-bond acceptors (Lipinski definition) is 5. The van der Waals surface area contributed by atoms with Crippen molar-refractivity contribution in [2.45, 2.75) is 25.9 Å². The summed E-state index contributed by atoms with van der Waals surface area (Å²) >= 11 is 0. The Hall–Kier alpha value is -3.02. The molecular formula is C21H23NO5. The molecule has 6 nitrogen and oxygen atoms in total. The van der Waals surface area contributed by atoms with Gasteiger partial charge in [-0.05, 0) is 42.7 Å². The Morgan fingerprint density at radius 1 is 1.07 bits per heavy atom. The molecule has 1 amide bonds. The Morgan fingerprint density at radius 3 is 2.56 bits per heavy atom. The minimum Gasteiger partial charge on any atom is -0.493 e. The SMILES string of the molecule is COc1ccc(CC(=O)O[C@@H](C)C(=O)N2CCc3ccccc32)cc1OC. The molecule has 2 aromatic carbocycles. The first-order valence-corrected chi connectivity index (χ1v) is 8.83. The fourth-order valence-corrected chi connectivity index (χ4v) is 3.23.